The fourth-order valence-electron chi connectivity index (χ4n) is 5.56. The Morgan fingerprint density at radius 3 is 2.55 bits per heavy atom. The molecule has 3 fully saturated rings. The quantitative estimate of drug-likeness (QED) is 0.236. The highest BCUT2D eigenvalue weighted by Crippen LogP contribution is 2.51. The number of carboxylic acid groups (broad SMARTS) is 1. The topological polar surface area (TPSA) is 149 Å². The van der Waals surface area contributed by atoms with Gasteiger partial charge in [0.15, 0.2) is 0 Å². The molecule has 33 heavy (non-hydrogen) atoms. The van der Waals surface area contributed by atoms with Gasteiger partial charge in [0.1, 0.15) is 5.70 Å². The van der Waals surface area contributed by atoms with Crippen LogP contribution in [0.25, 0.3) is 0 Å². The highest BCUT2D eigenvalue weighted by Gasteiger charge is 2.60. The van der Waals surface area contributed by atoms with Crippen LogP contribution in [0.5, 0.6) is 0 Å². The van der Waals surface area contributed by atoms with Crippen LogP contribution in [-0.4, -0.2) is 92.7 Å². The molecular weight excluding hydrogens is 446 g/mol. The first-order valence-electron chi connectivity index (χ1n) is 11.6. The number of nitrogens with zero attached hydrogens (tertiary/aromatic N) is 3. The molecule has 6 atom stereocenters. The largest absolute Gasteiger partial charge is 0.477 e. The normalized spacial score (nSPS) is 33.9. The number of rotatable bonds is 6. The number of aliphatic hydroxyl groups excluding tert-OH is 1. The van der Waals surface area contributed by atoms with E-state index in [1.165, 1.54) is 16.7 Å². The van der Waals surface area contributed by atoms with Crippen LogP contribution in [0, 0.1) is 11.8 Å². The second-order valence-electron chi connectivity index (χ2n) is 9.54. The first-order valence-corrected chi connectivity index (χ1v) is 12.4. The van der Waals surface area contributed by atoms with E-state index in [0.717, 1.165) is 12.8 Å². The minimum absolute atomic E-state index is 0.0339. The number of hydrogen-bond donors (Lipinski definition) is 4. The third kappa shape index (κ3) is 4.38. The number of likely N-dealkylation sites (tertiary alicyclic amines) is 1. The summed E-state index contributed by atoms with van der Waals surface area (Å²) < 4.78 is 0. The maximum atomic E-state index is 13.0. The second kappa shape index (κ2) is 9.27. The van der Waals surface area contributed by atoms with Crippen molar-refractivity contribution in [2.75, 3.05) is 19.6 Å². The standard InChI is InChI=1S/C22H33N5O5S/c1-10-17-16(11(2)28)21(30)27(17)18(22(31)32)19(10)33-14-8-15(24-9-14)20(29)26-6-4-13(5-7-26)25-12(3)23/h10-11,13-17,24,28H,4-9H2,1-3H3,(H2,23,25)(H,31,32)/t10?,11?,14?,15?,16?,17-/m1/s1. The molecule has 5 unspecified atom stereocenters. The van der Waals surface area contributed by atoms with Gasteiger partial charge in [-0.3, -0.25) is 14.6 Å². The van der Waals surface area contributed by atoms with Crippen molar-refractivity contribution < 1.29 is 24.6 Å². The van der Waals surface area contributed by atoms with Gasteiger partial charge < -0.3 is 31.1 Å². The third-order valence-electron chi connectivity index (χ3n) is 7.16. The summed E-state index contributed by atoms with van der Waals surface area (Å²) in [5, 5.41) is 23.1. The molecule has 10 nitrogen and oxygen atoms in total. The van der Waals surface area contributed by atoms with Crippen LogP contribution in [-0.2, 0) is 14.4 Å². The molecule has 0 aromatic carbocycles. The summed E-state index contributed by atoms with van der Waals surface area (Å²) >= 11 is 1.46. The lowest BCUT2D eigenvalue weighted by molar-refractivity contribution is -0.163. The fourth-order valence-corrected chi connectivity index (χ4v) is 7.04. The Bertz CT molecular complexity index is 894. The van der Waals surface area contributed by atoms with E-state index in [0.29, 0.717) is 36.8 Å². The molecule has 182 valence electrons. The van der Waals surface area contributed by atoms with Crippen LogP contribution >= 0.6 is 11.8 Å². The van der Waals surface area contributed by atoms with Gasteiger partial charge in [-0.2, -0.15) is 0 Å². The summed E-state index contributed by atoms with van der Waals surface area (Å²) in [5.74, 6) is -1.55. The van der Waals surface area contributed by atoms with Crippen LogP contribution in [0.3, 0.4) is 0 Å². The highest BCUT2D eigenvalue weighted by atomic mass is 32.2. The molecular formula is C22H33N5O5S. The Balaban J connectivity index is 1.38. The number of amides is 2. The number of amidine groups is 1. The average Bonchev–Trinajstić information content (AvgIpc) is 3.30. The number of fused-ring (bicyclic) bond motifs is 1. The molecule has 4 heterocycles. The number of thioether (sulfide) groups is 1. The molecule has 5 N–H and O–H groups in total. The molecule has 4 aliphatic rings. The van der Waals surface area contributed by atoms with Crippen molar-refractivity contribution in [3.8, 4) is 0 Å². The van der Waals surface area contributed by atoms with E-state index in [4.69, 9.17) is 5.73 Å². The number of hydrogen-bond acceptors (Lipinski definition) is 7. The van der Waals surface area contributed by atoms with Gasteiger partial charge in [0.2, 0.25) is 11.8 Å². The van der Waals surface area contributed by atoms with Gasteiger partial charge in [-0.1, -0.05) is 6.92 Å². The molecule has 0 bridgehead atoms. The van der Waals surface area contributed by atoms with Crippen LogP contribution < -0.4 is 11.1 Å². The summed E-state index contributed by atoms with van der Waals surface area (Å²) in [6.07, 6.45) is 1.38. The molecule has 3 saturated heterocycles. The molecule has 2 amide bonds. The molecule has 4 rings (SSSR count). The van der Waals surface area contributed by atoms with Gasteiger partial charge in [0.05, 0.1) is 36.0 Å². The van der Waals surface area contributed by atoms with Crippen LogP contribution in [0.15, 0.2) is 15.6 Å². The van der Waals surface area contributed by atoms with Crippen molar-refractivity contribution in [1.82, 2.24) is 15.1 Å². The maximum absolute atomic E-state index is 13.0. The van der Waals surface area contributed by atoms with E-state index < -0.39 is 18.0 Å². The van der Waals surface area contributed by atoms with Gasteiger partial charge in [0.25, 0.3) is 0 Å². The number of aliphatic imine (C=N–C) groups is 1. The first-order chi connectivity index (χ1) is 15.6. The number of nitrogens with two attached hydrogens (primary N) is 1. The van der Waals surface area contributed by atoms with Crippen molar-refractivity contribution in [3.05, 3.63) is 10.6 Å². The van der Waals surface area contributed by atoms with Crippen molar-refractivity contribution in [2.24, 2.45) is 22.6 Å². The van der Waals surface area contributed by atoms with E-state index in [1.807, 2.05) is 11.8 Å². The van der Waals surface area contributed by atoms with E-state index in [-0.39, 0.29) is 46.8 Å². The van der Waals surface area contributed by atoms with E-state index in [9.17, 15) is 24.6 Å². The first kappa shape index (κ1) is 24.0. The number of carbonyl (C=O) groups is 3. The summed E-state index contributed by atoms with van der Waals surface area (Å²) in [5.41, 5.74) is 5.71. The Morgan fingerprint density at radius 1 is 1.30 bits per heavy atom. The molecule has 0 aliphatic carbocycles. The predicted molar refractivity (Wildman–Crippen MR) is 124 cm³/mol. The molecule has 0 spiro atoms. The summed E-state index contributed by atoms with van der Waals surface area (Å²) in [7, 11) is 0. The number of carbonyl (C=O) groups excluding carboxylic acids is 2. The van der Waals surface area contributed by atoms with Crippen molar-refractivity contribution in [1.29, 1.82) is 0 Å². The smallest absolute Gasteiger partial charge is 0.353 e. The number of β-lactam (4-membered cyclic amide) rings is 1. The number of piperidine rings is 1. The zero-order chi connectivity index (χ0) is 24.0. The zero-order valence-corrected chi connectivity index (χ0v) is 20.0. The lowest BCUT2D eigenvalue weighted by Gasteiger charge is -2.46. The van der Waals surface area contributed by atoms with Gasteiger partial charge in [0, 0.05) is 35.7 Å². The lowest BCUT2D eigenvalue weighted by atomic mass is 9.79. The van der Waals surface area contributed by atoms with E-state index in [2.05, 4.69) is 10.3 Å². The fraction of sp³-hybridized carbons (Fsp3) is 0.727. The molecule has 11 heteroatoms. The minimum atomic E-state index is -1.12. The highest BCUT2D eigenvalue weighted by molar-refractivity contribution is 8.03. The molecule has 0 radical (unpaired) electrons. The second-order valence-corrected chi connectivity index (χ2v) is 10.9. The van der Waals surface area contributed by atoms with Crippen molar-refractivity contribution in [3.63, 3.8) is 0 Å². The summed E-state index contributed by atoms with van der Waals surface area (Å²) in [4.78, 5) is 45.8. The Hall–Kier alpha value is -2.11. The molecule has 0 aromatic rings. The Labute approximate surface area is 197 Å². The van der Waals surface area contributed by atoms with Gasteiger partial charge in [-0.25, -0.2) is 4.79 Å². The maximum Gasteiger partial charge on any atom is 0.353 e. The Kier molecular flexibility index (Phi) is 6.75. The Morgan fingerprint density at radius 2 is 1.97 bits per heavy atom. The van der Waals surface area contributed by atoms with Gasteiger partial charge in [-0.15, -0.1) is 11.8 Å². The van der Waals surface area contributed by atoms with Crippen molar-refractivity contribution >= 4 is 35.4 Å². The zero-order valence-electron chi connectivity index (χ0n) is 19.2. The molecule has 0 saturated carbocycles. The van der Waals surface area contributed by atoms with E-state index in [1.54, 1.807) is 13.8 Å². The predicted octanol–water partition coefficient (Wildman–Crippen LogP) is -0.0281. The number of aliphatic hydroxyl groups is 1. The number of nitrogens with one attached hydrogen (secondary N) is 1. The minimum Gasteiger partial charge on any atom is -0.477 e. The SMILES string of the molecule is CC(N)=NC1CCN(C(=O)C2CC(SC3=C(C(=O)O)N4C(=O)C(C(C)O)[C@H]4C3C)CN2)CC1. The van der Waals surface area contributed by atoms with Crippen molar-refractivity contribution in [2.45, 2.75) is 69.5 Å². The lowest BCUT2D eigenvalue weighted by Crippen LogP contribution is -2.63. The number of aliphatic carboxylic acids is 1. The molecule has 0 aromatic heterocycles. The average molecular weight is 480 g/mol. The molecule has 4 aliphatic heterocycles. The monoisotopic (exact) mass is 479 g/mol. The number of carboxylic acids is 1. The van der Waals surface area contributed by atoms with Crippen LogP contribution in [0.2, 0.25) is 0 Å². The van der Waals surface area contributed by atoms with Crippen LogP contribution in [0.4, 0.5) is 0 Å². The van der Waals surface area contributed by atoms with Gasteiger partial charge >= 0.3 is 5.97 Å². The van der Waals surface area contributed by atoms with Crippen LogP contribution in [0.1, 0.15) is 40.0 Å². The van der Waals surface area contributed by atoms with E-state index >= 15 is 0 Å². The summed E-state index contributed by atoms with van der Waals surface area (Å²) in [6.45, 7) is 7.16. The third-order valence-corrected chi connectivity index (χ3v) is 8.67. The summed E-state index contributed by atoms with van der Waals surface area (Å²) in [6, 6.07) is -0.449. The van der Waals surface area contributed by atoms with Gasteiger partial charge in [-0.05, 0) is 33.1 Å².